The molecule has 3 rings (SSSR count). The molecule has 2 aliphatic rings. The molecule has 2 N–H and O–H groups in total. The van der Waals surface area contributed by atoms with Gasteiger partial charge in [0, 0.05) is 16.2 Å². The monoisotopic (exact) mass is 454 g/mol. The third-order valence-electron chi connectivity index (χ3n) is 4.04. The van der Waals surface area contributed by atoms with Gasteiger partial charge in [0.15, 0.2) is 0 Å². The van der Waals surface area contributed by atoms with E-state index in [2.05, 4.69) is 21.2 Å². The Hall–Kier alpha value is -2.33. The zero-order valence-corrected chi connectivity index (χ0v) is 16.5. The molecular formula is C17H15BrN2O6S. The summed E-state index contributed by atoms with van der Waals surface area (Å²) in [6.07, 6.45) is 1.15. The summed E-state index contributed by atoms with van der Waals surface area (Å²) in [6, 6.07) is 5.84. The van der Waals surface area contributed by atoms with Gasteiger partial charge < -0.3 is 20.1 Å². The van der Waals surface area contributed by atoms with Crippen molar-refractivity contribution in [1.82, 2.24) is 10.2 Å². The van der Waals surface area contributed by atoms with Crippen LogP contribution in [0, 0.1) is 0 Å². The molecule has 27 heavy (non-hydrogen) atoms. The first-order valence-corrected chi connectivity index (χ1v) is 9.72. The van der Waals surface area contributed by atoms with Crippen molar-refractivity contribution in [3.63, 3.8) is 0 Å². The van der Waals surface area contributed by atoms with Crippen LogP contribution in [0.1, 0.15) is 17.3 Å². The molecule has 0 aliphatic carbocycles. The van der Waals surface area contributed by atoms with E-state index >= 15 is 0 Å². The number of aliphatic carboxylic acids is 1. The van der Waals surface area contributed by atoms with Crippen molar-refractivity contribution in [2.75, 3.05) is 6.61 Å². The molecule has 2 aliphatic heterocycles. The normalized spacial score (nSPS) is 23.6. The van der Waals surface area contributed by atoms with Crippen LogP contribution in [-0.2, 0) is 19.1 Å². The van der Waals surface area contributed by atoms with E-state index in [1.54, 1.807) is 31.2 Å². The number of hydrogen-bond donors (Lipinski definition) is 2. The molecule has 1 aromatic carbocycles. The Bertz CT molecular complexity index is 858. The molecule has 0 spiro atoms. The maximum absolute atomic E-state index is 12.4. The molecule has 142 valence electrons. The molecule has 2 heterocycles. The van der Waals surface area contributed by atoms with Gasteiger partial charge in [-0.25, -0.2) is 4.79 Å². The number of carboxylic acid groups (broad SMARTS) is 1. The summed E-state index contributed by atoms with van der Waals surface area (Å²) < 4.78 is 5.66. The van der Waals surface area contributed by atoms with Crippen LogP contribution in [0.4, 0.5) is 0 Å². The van der Waals surface area contributed by atoms with Crippen LogP contribution >= 0.6 is 27.7 Å². The minimum absolute atomic E-state index is 0.110. The summed E-state index contributed by atoms with van der Waals surface area (Å²) in [6.45, 7) is 1.73. The summed E-state index contributed by atoms with van der Waals surface area (Å²) in [5.74, 6) is -2.85. The SMILES string of the molecule is CCOC(=O)C1S[C@@H]2C(NC(=O)c3cccc(Br)c3)C(=O)N2C=C1C(=O)O. The van der Waals surface area contributed by atoms with E-state index in [9.17, 15) is 24.3 Å². The Morgan fingerprint density at radius 3 is 2.74 bits per heavy atom. The summed E-state index contributed by atoms with van der Waals surface area (Å²) in [5.41, 5.74) is 0.153. The van der Waals surface area contributed by atoms with Crippen LogP contribution in [0.2, 0.25) is 0 Å². The summed E-state index contributed by atoms with van der Waals surface area (Å²) in [5, 5.41) is 10.3. The number of β-lactam (4-membered cyclic amide) rings is 1. The molecule has 0 bridgehead atoms. The van der Waals surface area contributed by atoms with Crippen molar-refractivity contribution in [3.8, 4) is 0 Å². The molecular weight excluding hydrogens is 440 g/mol. The van der Waals surface area contributed by atoms with Crippen molar-refractivity contribution >= 4 is 51.4 Å². The third-order valence-corrected chi connectivity index (χ3v) is 6.03. The number of esters is 1. The van der Waals surface area contributed by atoms with E-state index in [4.69, 9.17) is 4.74 Å². The number of rotatable bonds is 5. The number of nitrogens with zero attached hydrogens (tertiary/aromatic N) is 1. The highest BCUT2D eigenvalue weighted by Crippen LogP contribution is 2.41. The number of carboxylic acids is 1. The van der Waals surface area contributed by atoms with Gasteiger partial charge in [-0.15, -0.1) is 11.8 Å². The second kappa shape index (κ2) is 7.73. The smallest absolute Gasteiger partial charge is 0.334 e. The van der Waals surface area contributed by atoms with Crippen LogP contribution in [0.5, 0.6) is 0 Å². The Balaban J connectivity index is 1.78. The number of ether oxygens (including phenoxy) is 1. The minimum atomic E-state index is -1.30. The van der Waals surface area contributed by atoms with Gasteiger partial charge in [0.25, 0.3) is 11.8 Å². The summed E-state index contributed by atoms with van der Waals surface area (Å²) >= 11 is 4.25. The van der Waals surface area contributed by atoms with Gasteiger partial charge >= 0.3 is 11.9 Å². The number of fused-ring (bicyclic) bond motifs is 1. The van der Waals surface area contributed by atoms with Gasteiger partial charge in [-0.2, -0.15) is 0 Å². The molecule has 1 fully saturated rings. The predicted molar refractivity (Wildman–Crippen MR) is 99.8 cm³/mol. The van der Waals surface area contributed by atoms with Crippen LogP contribution in [0.3, 0.4) is 0 Å². The van der Waals surface area contributed by atoms with Crippen LogP contribution in [-0.4, -0.2) is 57.0 Å². The van der Waals surface area contributed by atoms with Crippen molar-refractivity contribution in [3.05, 3.63) is 46.1 Å². The highest BCUT2D eigenvalue weighted by molar-refractivity contribution is 9.10. The number of thioether (sulfide) groups is 1. The molecule has 1 aromatic rings. The molecule has 0 aromatic heterocycles. The lowest BCUT2D eigenvalue weighted by Crippen LogP contribution is -2.69. The lowest BCUT2D eigenvalue weighted by molar-refractivity contribution is -0.145. The number of benzene rings is 1. The van der Waals surface area contributed by atoms with E-state index in [1.165, 1.54) is 4.90 Å². The molecule has 2 unspecified atom stereocenters. The van der Waals surface area contributed by atoms with Crippen LogP contribution in [0.25, 0.3) is 0 Å². The molecule has 1 saturated heterocycles. The Morgan fingerprint density at radius 2 is 2.11 bits per heavy atom. The lowest BCUT2D eigenvalue weighted by Gasteiger charge is -2.48. The fourth-order valence-corrected chi connectivity index (χ4v) is 4.56. The summed E-state index contributed by atoms with van der Waals surface area (Å²) in [7, 11) is 0. The lowest BCUT2D eigenvalue weighted by atomic mass is 10.0. The van der Waals surface area contributed by atoms with Gasteiger partial charge in [-0.3, -0.25) is 14.4 Å². The minimum Gasteiger partial charge on any atom is -0.478 e. The van der Waals surface area contributed by atoms with E-state index in [0.29, 0.717) is 5.56 Å². The quantitative estimate of drug-likeness (QED) is 0.509. The van der Waals surface area contributed by atoms with Gasteiger partial charge in [-0.05, 0) is 25.1 Å². The predicted octanol–water partition coefficient (Wildman–Crippen LogP) is 1.36. The van der Waals surface area contributed by atoms with Crippen molar-refractivity contribution in [1.29, 1.82) is 0 Å². The van der Waals surface area contributed by atoms with E-state index < -0.39 is 40.4 Å². The number of nitrogens with one attached hydrogen (secondary N) is 1. The molecule has 3 atom stereocenters. The number of carbonyl (C=O) groups is 4. The van der Waals surface area contributed by atoms with Crippen LogP contribution in [0.15, 0.2) is 40.5 Å². The maximum Gasteiger partial charge on any atom is 0.334 e. The van der Waals surface area contributed by atoms with Crippen LogP contribution < -0.4 is 5.32 Å². The number of carbonyl (C=O) groups excluding carboxylic acids is 3. The third kappa shape index (κ3) is 3.72. The first-order valence-electron chi connectivity index (χ1n) is 7.99. The molecule has 8 nitrogen and oxygen atoms in total. The Labute approximate surface area is 167 Å². The zero-order valence-electron chi connectivity index (χ0n) is 14.0. The highest BCUT2D eigenvalue weighted by Gasteiger charge is 2.54. The van der Waals surface area contributed by atoms with Crippen molar-refractivity contribution in [2.45, 2.75) is 23.6 Å². The molecule has 2 amide bonds. The van der Waals surface area contributed by atoms with Crippen molar-refractivity contribution in [2.24, 2.45) is 0 Å². The topological polar surface area (TPSA) is 113 Å². The van der Waals surface area contributed by atoms with Gasteiger partial charge in [0.1, 0.15) is 16.7 Å². The maximum atomic E-state index is 12.4. The number of amides is 2. The number of hydrogen-bond acceptors (Lipinski definition) is 6. The highest BCUT2D eigenvalue weighted by atomic mass is 79.9. The van der Waals surface area contributed by atoms with E-state index in [1.807, 2.05) is 0 Å². The molecule has 0 radical (unpaired) electrons. The van der Waals surface area contributed by atoms with Gasteiger partial charge in [0.2, 0.25) is 0 Å². The summed E-state index contributed by atoms with van der Waals surface area (Å²) in [4.78, 5) is 49.5. The first-order chi connectivity index (χ1) is 12.8. The largest absolute Gasteiger partial charge is 0.478 e. The fraction of sp³-hybridized carbons (Fsp3) is 0.294. The van der Waals surface area contributed by atoms with Gasteiger partial charge in [0.05, 0.1) is 12.2 Å². The first kappa shape index (κ1) is 19.4. The average Bonchev–Trinajstić information content (AvgIpc) is 2.64. The van der Waals surface area contributed by atoms with Crippen molar-refractivity contribution < 1.29 is 29.0 Å². The average molecular weight is 455 g/mol. The number of halogens is 1. The molecule has 0 saturated carbocycles. The fourth-order valence-electron chi connectivity index (χ4n) is 2.75. The standard InChI is InChI=1S/C17H15BrN2O6S/c1-2-26-17(25)12-10(16(23)24)7-20-14(22)11(15(20)27-12)19-13(21)8-4-3-5-9(18)6-8/h3-7,11-12,15H,2H2,1H3,(H,19,21)(H,23,24)/t11?,12?,15-/m1/s1. The van der Waals surface area contributed by atoms with E-state index in [0.717, 1.165) is 22.4 Å². The second-order valence-electron chi connectivity index (χ2n) is 5.76. The molecule has 10 heteroatoms. The Morgan fingerprint density at radius 1 is 1.37 bits per heavy atom. The second-order valence-corrected chi connectivity index (χ2v) is 7.90. The van der Waals surface area contributed by atoms with Gasteiger partial charge in [-0.1, -0.05) is 22.0 Å². The van der Waals surface area contributed by atoms with E-state index in [-0.39, 0.29) is 12.2 Å². The Kier molecular flexibility index (Phi) is 5.56. The zero-order chi connectivity index (χ0) is 19.7.